The number of aliphatic hydroxyl groups excluding tert-OH is 1. The number of rotatable bonds is 3. The molecule has 1 aromatic heterocycles. The average molecular weight is 237 g/mol. The Bertz CT molecular complexity index is 384. The summed E-state index contributed by atoms with van der Waals surface area (Å²) >= 11 is 0. The molecule has 0 amide bonds. The number of aromatic nitrogens is 2. The molecule has 2 atom stereocenters. The molecular formula is C12H19N3O2. The van der Waals surface area contributed by atoms with Crippen molar-refractivity contribution in [3.8, 4) is 5.88 Å². The normalized spacial score (nSPS) is 24.4. The molecule has 2 N–H and O–H groups in total. The highest BCUT2D eigenvalue weighted by Crippen LogP contribution is 2.25. The zero-order valence-corrected chi connectivity index (χ0v) is 10.3. The number of hydrogen-bond acceptors (Lipinski definition) is 5. The van der Waals surface area contributed by atoms with E-state index in [1.807, 2.05) is 6.92 Å². The lowest BCUT2D eigenvalue weighted by atomic mass is 9.92. The molecule has 0 bridgehead atoms. The third-order valence-corrected chi connectivity index (χ3v) is 3.28. The summed E-state index contributed by atoms with van der Waals surface area (Å²) in [5.74, 6) is 1.33. The molecule has 1 fully saturated rings. The van der Waals surface area contributed by atoms with Crippen molar-refractivity contribution >= 4 is 5.82 Å². The lowest BCUT2D eigenvalue weighted by Gasteiger charge is -2.29. The van der Waals surface area contributed by atoms with Gasteiger partial charge in [0.2, 0.25) is 5.88 Å². The summed E-state index contributed by atoms with van der Waals surface area (Å²) in [6, 6.07) is 0.0852. The molecule has 0 radical (unpaired) electrons. The number of aliphatic hydroxyl groups is 1. The van der Waals surface area contributed by atoms with Gasteiger partial charge in [0.05, 0.1) is 24.8 Å². The Morgan fingerprint density at radius 1 is 1.35 bits per heavy atom. The fraction of sp³-hybridized carbons (Fsp3) is 0.667. The van der Waals surface area contributed by atoms with Crippen molar-refractivity contribution < 1.29 is 9.84 Å². The molecule has 17 heavy (non-hydrogen) atoms. The minimum Gasteiger partial charge on any atom is -0.481 e. The SMILES string of the molecule is COc1ncnc(NC2CCCCC2O)c1C. The van der Waals surface area contributed by atoms with Gasteiger partial charge in [-0.1, -0.05) is 12.8 Å². The van der Waals surface area contributed by atoms with Crippen LogP contribution in [0.25, 0.3) is 0 Å². The van der Waals surface area contributed by atoms with E-state index in [1.54, 1.807) is 7.11 Å². The van der Waals surface area contributed by atoms with E-state index < -0.39 is 0 Å². The molecule has 5 heteroatoms. The molecule has 1 heterocycles. The van der Waals surface area contributed by atoms with Crippen LogP contribution in [0.2, 0.25) is 0 Å². The largest absolute Gasteiger partial charge is 0.481 e. The van der Waals surface area contributed by atoms with Crippen LogP contribution in [0, 0.1) is 6.92 Å². The highest BCUT2D eigenvalue weighted by Gasteiger charge is 2.24. The molecule has 0 aromatic carbocycles. The van der Waals surface area contributed by atoms with E-state index in [0.29, 0.717) is 5.88 Å². The van der Waals surface area contributed by atoms with Crippen LogP contribution in [-0.4, -0.2) is 34.3 Å². The molecule has 0 saturated heterocycles. The summed E-state index contributed by atoms with van der Waals surface area (Å²) in [6.07, 6.45) is 5.28. The van der Waals surface area contributed by atoms with Gasteiger partial charge in [0, 0.05) is 0 Å². The summed E-state index contributed by atoms with van der Waals surface area (Å²) in [5, 5.41) is 13.2. The second-order valence-corrected chi connectivity index (χ2v) is 4.46. The van der Waals surface area contributed by atoms with Gasteiger partial charge < -0.3 is 15.2 Å². The number of ether oxygens (including phenoxy) is 1. The second-order valence-electron chi connectivity index (χ2n) is 4.46. The maximum Gasteiger partial charge on any atom is 0.221 e. The van der Waals surface area contributed by atoms with Gasteiger partial charge in [-0.3, -0.25) is 0 Å². The van der Waals surface area contributed by atoms with E-state index in [4.69, 9.17) is 4.74 Å². The quantitative estimate of drug-likeness (QED) is 0.834. The standard InChI is InChI=1S/C12H19N3O2/c1-8-11(13-7-14-12(8)17-2)15-9-5-3-4-6-10(9)16/h7,9-10,16H,3-6H2,1-2H3,(H,13,14,15). The van der Waals surface area contributed by atoms with Crippen LogP contribution < -0.4 is 10.1 Å². The maximum atomic E-state index is 9.91. The van der Waals surface area contributed by atoms with Crippen molar-refractivity contribution in [3.63, 3.8) is 0 Å². The molecular weight excluding hydrogens is 218 g/mol. The molecule has 0 aliphatic heterocycles. The van der Waals surface area contributed by atoms with Gasteiger partial charge in [-0.05, 0) is 19.8 Å². The zero-order valence-electron chi connectivity index (χ0n) is 10.3. The Kier molecular flexibility index (Phi) is 3.78. The molecule has 0 spiro atoms. The van der Waals surface area contributed by atoms with Crippen molar-refractivity contribution in [2.45, 2.75) is 44.8 Å². The zero-order chi connectivity index (χ0) is 12.3. The Hall–Kier alpha value is -1.36. The van der Waals surface area contributed by atoms with Crippen LogP contribution in [0.5, 0.6) is 5.88 Å². The average Bonchev–Trinajstić information content (AvgIpc) is 2.34. The number of nitrogens with zero attached hydrogens (tertiary/aromatic N) is 2. The van der Waals surface area contributed by atoms with E-state index in [2.05, 4.69) is 15.3 Å². The molecule has 1 aromatic rings. The van der Waals surface area contributed by atoms with Crippen molar-refractivity contribution in [1.82, 2.24) is 9.97 Å². The van der Waals surface area contributed by atoms with E-state index in [9.17, 15) is 5.11 Å². The summed E-state index contributed by atoms with van der Waals surface area (Å²) in [4.78, 5) is 8.24. The van der Waals surface area contributed by atoms with Gasteiger partial charge in [0.15, 0.2) is 0 Å². The fourth-order valence-electron chi connectivity index (χ4n) is 2.24. The molecule has 2 rings (SSSR count). The summed E-state index contributed by atoms with van der Waals surface area (Å²) < 4.78 is 5.15. The number of anilines is 1. The Labute approximate surface area is 101 Å². The van der Waals surface area contributed by atoms with Gasteiger partial charge in [-0.15, -0.1) is 0 Å². The van der Waals surface area contributed by atoms with E-state index in [0.717, 1.165) is 37.1 Å². The van der Waals surface area contributed by atoms with Crippen LogP contribution in [0.4, 0.5) is 5.82 Å². The summed E-state index contributed by atoms with van der Waals surface area (Å²) in [5.41, 5.74) is 0.882. The van der Waals surface area contributed by atoms with Gasteiger partial charge in [-0.2, -0.15) is 0 Å². The van der Waals surface area contributed by atoms with Gasteiger partial charge in [0.1, 0.15) is 12.1 Å². The highest BCUT2D eigenvalue weighted by atomic mass is 16.5. The van der Waals surface area contributed by atoms with Crippen LogP contribution >= 0.6 is 0 Å². The van der Waals surface area contributed by atoms with E-state index in [-0.39, 0.29) is 12.1 Å². The molecule has 1 aliphatic rings. The van der Waals surface area contributed by atoms with E-state index >= 15 is 0 Å². The first-order valence-electron chi connectivity index (χ1n) is 6.02. The van der Waals surface area contributed by atoms with Crippen LogP contribution in [0.3, 0.4) is 0 Å². The fourth-order valence-corrected chi connectivity index (χ4v) is 2.24. The van der Waals surface area contributed by atoms with Crippen molar-refractivity contribution in [2.24, 2.45) is 0 Å². The van der Waals surface area contributed by atoms with Crippen molar-refractivity contribution in [2.75, 3.05) is 12.4 Å². The molecule has 94 valence electrons. The third kappa shape index (κ3) is 2.66. The number of nitrogens with one attached hydrogen (secondary N) is 1. The smallest absolute Gasteiger partial charge is 0.221 e. The minimum absolute atomic E-state index is 0.0852. The highest BCUT2D eigenvalue weighted by molar-refractivity contribution is 5.48. The van der Waals surface area contributed by atoms with Gasteiger partial charge in [0.25, 0.3) is 0 Å². The Balaban J connectivity index is 2.12. The van der Waals surface area contributed by atoms with Gasteiger partial charge in [-0.25, -0.2) is 9.97 Å². The first-order valence-corrected chi connectivity index (χ1v) is 6.02. The first kappa shape index (κ1) is 12.1. The van der Waals surface area contributed by atoms with Gasteiger partial charge >= 0.3 is 0 Å². The Morgan fingerprint density at radius 3 is 2.82 bits per heavy atom. The van der Waals surface area contributed by atoms with Crippen LogP contribution in [-0.2, 0) is 0 Å². The Morgan fingerprint density at radius 2 is 2.12 bits per heavy atom. The summed E-state index contributed by atoms with van der Waals surface area (Å²) in [7, 11) is 1.59. The van der Waals surface area contributed by atoms with Crippen LogP contribution in [0.1, 0.15) is 31.2 Å². The van der Waals surface area contributed by atoms with E-state index in [1.165, 1.54) is 6.33 Å². The minimum atomic E-state index is -0.288. The molecule has 1 aliphatic carbocycles. The monoisotopic (exact) mass is 237 g/mol. The molecule has 1 saturated carbocycles. The lowest BCUT2D eigenvalue weighted by molar-refractivity contribution is 0.116. The second kappa shape index (κ2) is 5.31. The lowest BCUT2D eigenvalue weighted by Crippen LogP contribution is -2.36. The van der Waals surface area contributed by atoms with Crippen molar-refractivity contribution in [1.29, 1.82) is 0 Å². The third-order valence-electron chi connectivity index (χ3n) is 3.28. The number of hydrogen-bond donors (Lipinski definition) is 2. The van der Waals surface area contributed by atoms with Crippen LogP contribution in [0.15, 0.2) is 6.33 Å². The first-order chi connectivity index (χ1) is 8.22. The summed E-state index contributed by atoms with van der Waals surface area (Å²) in [6.45, 7) is 1.91. The predicted molar refractivity (Wildman–Crippen MR) is 65.2 cm³/mol. The maximum absolute atomic E-state index is 9.91. The number of methoxy groups -OCH3 is 1. The van der Waals surface area contributed by atoms with Crippen molar-refractivity contribution in [3.05, 3.63) is 11.9 Å². The predicted octanol–water partition coefficient (Wildman–Crippen LogP) is 1.51. The molecule has 2 unspecified atom stereocenters. The molecule has 5 nitrogen and oxygen atoms in total. The topological polar surface area (TPSA) is 67.3 Å².